The SMILES string of the molecule is C=C1CC(C)CC2CC=CC(C)(C/C=C\C(=O)OC(C(O)/C=C/C3CCC(C)=C(C)C3)C[C@H](C)C(C)[C@@H](O)C1)O2. The maximum Gasteiger partial charge on any atom is 0.330 e. The van der Waals surface area contributed by atoms with Crippen LogP contribution in [0.5, 0.6) is 0 Å². The van der Waals surface area contributed by atoms with E-state index in [0.717, 1.165) is 44.1 Å². The van der Waals surface area contributed by atoms with Crippen molar-refractivity contribution in [2.75, 3.05) is 0 Å². The Labute approximate surface area is 243 Å². The minimum absolute atomic E-state index is 0.0308. The molecule has 2 bridgehead atoms. The predicted octanol–water partition coefficient (Wildman–Crippen LogP) is 7.40. The molecule has 9 atom stereocenters. The lowest BCUT2D eigenvalue weighted by Gasteiger charge is -2.35. The lowest BCUT2D eigenvalue weighted by molar-refractivity contribution is -0.148. The molecule has 0 aromatic carbocycles. The monoisotopic (exact) mass is 554 g/mol. The lowest BCUT2D eigenvalue weighted by Crippen LogP contribution is -2.36. The summed E-state index contributed by atoms with van der Waals surface area (Å²) in [7, 11) is 0. The van der Waals surface area contributed by atoms with Crippen molar-refractivity contribution >= 4 is 5.97 Å². The van der Waals surface area contributed by atoms with E-state index in [9.17, 15) is 15.0 Å². The number of aliphatic hydroxyl groups excluding tert-OH is 2. The summed E-state index contributed by atoms with van der Waals surface area (Å²) < 4.78 is 12.3. The highest BCUT2D eigenvalue weighted by Crippen LogP contribution is 2.33. The maximum absolute atomic E-state index is 12.9. The van der Waals surface area contributed by atoms with E-state index in [1.165, 1.54) is 17.2 Å². The Kier molecular flexibility index (Phi) is 12.0. The van der Waals surface area contributed by atoms with Crippen molar-refractivity contribution in [3.8, 4) is 0 Å². The quantitative estimate of drug-likeness (QED) is 0.281. The number of esters is 1. The molecule has 0 aromatic heterocycles. The molecule has 0 fully saturated rings. The molecular formula is C35H54O5. The van der Waals surface area contributed by atoms with Crippen LogP contribution in [0.4, 0.5) is 0 Å². The van der Waals surface area contributed by atoms with Crippen LogP contribution in [0.15, 0.2) is 59.8 Å². The van der Waals surface area contributed by atoms with Crippen LogP contribution >= 0.6 is 0 Å². The molecule has 2 N–H and O–H groups in total. The van der Waals surface area contributed by atoms with Crippen LogP contribution < -0.4 is 0 Å². The van der Waals surface area contributed by atoms with Crippen molar-refractivity contribution < 1.29 is 24.5 Å². The van der Waals surface area contributed by atoms with Gasteiger partial charge in [0.15, 0.2) is 0 Å². The molecule has 1 aliphatic carbocycles. The van der Waals surface area contributed by atoms with Gasteiger partial charge in [-0.25, -0.2) is 4.79 Å². The molecule has 7 unspecified atom stereocenters. The fraction of sp³-hybridized carbons (Fsp3) is 0.686. The second-order valence-electron chi connectivity index (χ2n) is 13.4. The number of aliphatic hydroxyl groups is 2. The number of allylic oxidation sites excluding steroid dienone is 3. The molecule has 2 heterocycles. The minimum Gasteiger partial charge on any atom is -0.456 e. The van der Waals surface area contributed by atoms with Crippen molar-refractivity contribution in [2.24, 2.45) is 23.7 Å². The highest BCUT2D eigenvalue weighted by Gasteiger charge is 2.31. The number of rotatable bonds is 3. The fourth-order valence-electron chi connectivity index (χ4n) is 6.43. The predicted molar refractivity (Wildman–Crippen MR) is 163 cm³/mol. The average Bonchev–Trinajstić information content (AvgIpc) is 2.87. The minimum atomic E-state index is -0.916. The van der Waals surface area contributed by atoms with Gasteiger partial charge in [0.2, 0.25) is 0 Å². The summed E-state index contributed by atoms with van der Waals surface area (Å²) in [5.74, 6) is 0.306. The zero-order valence-electron chi connectivity index (χ0n) is 25.8. The van der Waals surface area contributed by atoms with E-state index in [1.54, 1.807) is 0 Å². The first kappa shape index (κ1) is 32.6. The van der Waals surface area contributed by atoms with Crippen LogP contribution in [0.25, 0.3) is 0 Å². The standard InChI is InChI=1S/C35H54O5/c1-23-18-24(2)20-32(37)28(6)27(5)22-33(31(36)15-14-29-13-12-25(3)26(4)21-29)39-34(38)11-9-17-35(7)16-8-10-30(19-23)40-35/h8-9,11,14-16,23,27-33,36-37H,2,10,12-13,17-22H2,1,3-7H3/b11-9-,15-14+/t23?,27-,28?,29?,30?,31?,32-,33?,35?/m0/s1. The molecule has 0 amide bonds. The summed E-state index contributed by atoms with van der Waals surface area (Å²) in [6.07, 6.45) is 16.8. The molecule has 3 aliphatic rings. The lowest BCUT2D eigenvalue weighted by atomic mass is 9.82. The first-order chi connectivity index (χ1) is 18.8. The normalized spacial score (nSPS) is 39.0. The summed E-state index contributed by atoms with van der Waals surface area (Å²) in [6, 6.07) is 0. The van der Waals surface area contributed by atoms with Crippen LogP contribution in [-0.2, 0) is 14.3 Å². The fourth-order valence-corrected chi connectivity index (χ4v) is 6.43. The summed E-state index contributed by atoms with van der Waals surface area (Å²) in [5, 5.41) is 22.3. The third kappa shape index (κ3) is 9.85. The third-order valence-electron chi connectivity index (χ3n) is 9.41. The Hall–Kier alpha value is -1.95. The number of ether oxygens (including phenoxy) is 2. The summed E-state index contributed by atoms with van der Waals surface area (Å²) in [4.78, 5) is 12.9. The van der Waals surface area contributed by atoms with Crippen LogP contribution in [0.3, 0.4) is 0 Å². The van der Waals surface area contributed by atoms with Crippen molar-refractivity contribution in [1.29, 1.82) is 0 Å². The summed E-state index contributed by atoms with van der Waals surface area (Å²) >= 11 is 0. The van der Waals surface area contributed by atoms with Gasteiger partial charge in [0, 0.05) is 6.08 Å². The van der Waals surface area contributed by atoms with Gasteiger partial charge in [-0.05, 0) is 102 Å². The van der Waals surface area contributed by atoms with Gasteiger partial charge in [0.05, 0.1) is 17.8 Å². The van der Waals surface area contributed by atoms with E-state index in [1.807, 2.05) is 26.0 Å². The Morgan fingerprint density at radius 3 is 2.58 bits per heavy atom. The summed E-state index contributed by atoms with van der Waals surface area (Å²) in [6.45, 7) is 17.0. The molecule has 40 heavy (non-hydrogen) atoms. The average molecular weight is 555 g/mol. The Morgan fingerprint density at radius 1 is 1.10 bits per heavy atom. The van der Waals surface area contributed by atoms with Crippen LogP contribution in [0.2, 0.25) is 0 Å². The van der Waals surface area contributed by atoms with Gasteiger partial charge in [-0.15, -0.1) is 0 Å². The molecule has 0 saturated heterocycles. The smallest absolute Gasteiger partial charge is 0.330 e. The van der Waals surface area contributed by atoms with Gasteiger partial charge in [-0.3, -0.25) is 0 Å². The zero-order chi connectivity index (χ0) is 29.4. The summed E-state index contributed by atoms with van der Waals surface area (Å²) in [5.41, 5.74) is 3.46. The third-order valence-corrected chi connectivity index (χ3v) is 9.41. The maximum atomic E-state index is 12.9. The van der Waals surface area contributed by atoms with Crippen LogP contribution in [-0.4, -0.2) is 46.2 Å². The Morgan fingerprint density at radius 2 is 1.85 bits per heavy atom. The molecular weight excluding hydrogens is 500 g/mol. The van der Waals surface area contributed by atoms with Gasteiger partial charge in [-0.2, -0.15) is 0 Å². The van der Waals surface area contributed by atoms with Crippen molar-refractivity contribution in [3.05, 3.63) is 59.8 Å². The number of hydrogen-bond donors (Lipinski definition) is 2. The van der Waals surface area contributed by atoms with E-state index in [2.05, 4.69) is 52.5 Å². The van der Waals surface area contributed by atoms with E-state index in [0.29, 0.717) is 31.1 Å². The second-order valence-corrected chi connectivity index (χ2v) is 13.4. The van der Waals surface area contributed by atoms with Crippen molar-refractivity contribution in [1.82, 2.24) is 0 Å². The number of carbonyl (C=O) groups is 1. The van der Waals surface area contributed by atoms with E-state index >= 15 is 0 Å². The molecule has 5 nitrogen and oxygen atoms in total. The van der Waals surface area contributed by atoms with E-state index in [4.69, 9.17) is 9.47 Å². The van der Waals surface area contributed by atoms with Gasteiger partial charge < -0.3 is 19.7 Å². The molecule has 2 aliphatic heterocycles. The Balaban J connectivity index is 1.78. The first-order valence-corrected chi connectivity index (χ1v) is 15.4. The zero-order valence-corrected chi connectivity index (χ0v) is 25.8. The number of hydrogen-bond acceptors (Lipinski definition) is 5. The molecule has 0 aromatic rings. The second kappa shape index (κ2) is 14.8. The molecule has 0 saturated carbocycles. The molecule has 0 radical (unpaired) electrons. The van der Waals surface area contributed by atoms with Crippen LogP contribution in [0, 0.1) is 23.7 Å². The van der Waals surface area contributed by atoms with Gasteiger partial charge in [-0.1, -0.05) is 74.4 Å². The molecule has 0 spiro atoms. The van der Waals surface area contributed by atoms with E-state index < -0.39 is 29.9 Å². The molecule has 224 valence electrons. The number of carbonyl (C=O) groups excluding carboxylic acids is 1. The number of cyclic esters (lactones) is 1. The van der Waals surface area contributed by atoms with Gasteiger partial charge in [0.1, 0.15) is 12.2 Å². The van der Waals surface area contributed by atoms with Crippen molar-refractivity contribution in [2.45, 2.75) is 129 Å². The highest BCUT2D eigenvalue weighted by molar-refractivity contribution is 5.82. The molecule has 5 heteroatoms. The van der Waals surface area contributed by atoms with Crippen LogP contribution in [0.1, 0.15) is 99.3 Å². The molecule has 3 rings (SSSR count). The Bertz CT molecular complexity index is 990. The van der Waals surface area contributed by atoms with E-state index in [-0.39, 0.29) is 17.9 Å². The highest BCUT2D eigenvalue weighted by atomic mass is 16.6. The number of fused-ring (bicyclic) bond motifs is 2. The largest absolute Gasteiger partial charge is 0.456 e. The first-order valence-electron chi connectivity index (χ1n) is 15.4. The topological polar surface area (TPSA) is 76.0 Å². The van der Waals surface area contributed by atoms with Gasteiger partial charge in [0.25, 0.3) is 0 Å². The van der Waals surface area contributed by atoms with Gasteiger partial charge >= 0.3 is 5.97 Å². The van der Waals surface area contributed by atoms with Crippen molar-refractivity contribution in [3.63, 3.8) is 0 Å².